The van der Waals surface area contributed by atoms with E-state index in [1.165, 1.54) is 5.56 Å². The summed E-state index contributed by atoms with van der Waals surface area (Å²) in [6.45, 7) is 10.5. The first-order chi connectivity index (χ1) is 12.7. The number of hydrogen-bond donors (Lipinski definition) is 1. The SMILES string of the molecule is CN=C(NCCCOCC(C)C)N1CCC(COCc2ccccc2)C1. The van der Waals surface area contributed by atoms with Gasteiger partial charge in [0.2, 0.25) is 0 Å². The Hall–Kier alpha value is -1.59. The van der Waals surface area contributed by atoms with Crippen LogP contribution in [0.1, 0.15) is 32.3 Å². The Kier molecular flexibility index (Phi) is 9.50. The van der Waals surface area contributed by atoms with Gasteiger partial charge in [0.25, 0.3) is 0 Å². The number of rotatable bonds is 10. The van der Waals surface area contributed by atoms with E-state index in [0.29, 0.717) is 18.4 Å². The first kappa shape index (κ1) is 20.7. The summed E-state index contributed by atoms with van der Waals surface area (Å²) in [6.07, 6.45) is 2.16. The van der Waals surface area contributed by atoms with Crippen molar-refractivity contribution in [2.45, 2.75) is 33.3 Å². The number of nitrogens with zero attached hydrogens (tertiary/aromatic N) is 2. The van der Waals surface area contributed by atoms with Crippen LogP contribution in [0.25, 0.3) is 0 Å². The molecule has 1 aromatic carbocycles. The molecule has 1 heterocycles. The van der Waals surface area contributed by atoms with Gasteiger partial charge in [0, 0.05) is 45.8 Å². The van der Waals surface area contributed by atoms with Crippen molar-refractivity contribution in [3.63, 3.8) is 0 Å². The summed E-state index contributed by atoms with van der Waals surface area (Å²) in [7, 11) is 1.86. The molecular weight excluding hydrogens is 326 g/mol. The predicted octanol–water partition coefficient (Wildman–Crippen LogP) is 3.16. The number of nitrogens with one attached hydrogen (secondary N) is 1. The molecule has 1 aromatic rings. The van der Waals surface area contributed by atoms with E-state index in [4.69, 9.17) is 9.47 Å². The smallest absolute Gasteiger partial charge is 0.193 e. The second kappa shape index (κ2) is 11.9. The van der Waals surface area contributed by atoms with Crippen LogP contribution in [0, 0.1) is 11.8 Å². The molecule has 1 atom stereocenters. The van der Waals surface area contributed by atoms with Crippen molar-refractivity contribution in [2.75, 3.05) is 46.5 Å². The van der Waals surface area contributed by atoms with Crippen LogP contribution in [0.3, 0.4) is 0 Å². The molecule has 2 rings (SSSR count). The Balaban J connectivity index is 1.59. The summed E-state index contributed by atoms with van der Waals surface area (Å²) in [5, 5.41) is 3.46. The molecule has 0 amide bonds. The molecule has 0 bridgehead atoms. The average molecular weight is 362 g/mol. The van der Waals surface area contributed by atoms with E-state index in [2.05, 4.69) is 53.3 Å². The lowest BCUT2D eigenvalue weighted by Crippen LogP contribution is -2.40. The van der Waals surface area contributed by atoms with Gasteiger partial charge in [-0.1, -0.05) is 44.2 Å². The number of guanidine groups is 1. The second-order valence-electron chi connectivity index (χ2n) is 7.40. The topological polar surface area (TPSA) is 46.1 Å². The molecule has 1 aliphatic heterocycles. The monoisotopic (exact) mass is 361 g/mol. The molecule has 5 nitrogen and oxygen atoms in total. The van der Waals surface area contributed by atoms with Crippen LogP contribution in [0.2, 0.25) is 0 Å². The summed E-state index contributed by atoms with van der Waals surface area (Å²) in [4.78, 5) is 6.77. The highest BCUT2D eigenvalue weighted by Gasteiger charge is 2.24. The van der Waals surface area contributed by atoms with Crippen molar-refractivity contribution >= 4 is 5.96 Å². The van der Waals surface area contributed by atoms with Crippen LogP contribution in [-0.4, -0.2) is 57.4 Å². The number of benzene rings is 1. The maximum Gasteiger partial charge on any atom is 0.193 e. The summed E-state index contributed by atoms with van der Waals surface area (Å²) < 4.78 is 11.5. The van der Waals surface area contributed by atoms with Crippen LogP contribution < -0.4 is 5.32 Å². The molecule has 0 radical (unpaired) electrons. The lowest BCUT2D eigenvalue weighted by Gasteiger charge is -2.21. The number of hydrogen-bond acceptors (Lipinski definition) is 3. The standard InChI is InChI=1S/C21H35N3O2/c1-18(2)15-25-13-7-11-23-21(22-3)24-12-10-20(14-24)17-26-16-19-8-5-4-6-9-19/h4-6,8-9,18,20H,7,10-17H2,1-3H3,(H,22,23). The lowest BCUT2D eigenvalue weighted by molar-refractivity contribution is 0.0906. The van der Waals surface area contributed by atoms with Gasteiger partial charge in [-0.15, -0.1) is 0 Å². The predicted molar refractivity (Wildman–Crippen MR) is 107 cm³/mol. The zero-order valence-corrected chi connectivity index (χ0v) is 16.6. The maximum atomic E-state index is 5.91. The minimum absolute atomic E-state index is 0.576. The van der Waals surface area contributed by atoms with E-state index < -0.39 is 0 Å². The first-order valence-corrected chi connectivity index (χ1v) is 9.84. The van der Waals surface area contributed by atoms with Crippen molar-refractivity contribution in [3.8, 4) is 0 Å². The zero-order chi connectivity index (χ0) is 18.6. The summed E-state index contributed by atoms with van der Waals surface area (Å²) in [5.74, 6) is 2.17. The molecule has 0 aliphatic carbocycles. The molecule has 1 unspecified atom stereocenters. The minimum Gasteiger partial charge on any atom is -0.381 e. The average Bonchev–Trinajstić information content (AvgIpc) is 3.10. The molecular formula is C21H35N3O2. The van der Waals surface area contributed by atoms with Crippen LogP contribution in [0.4, 0.5) is 0 Å². The highest BCUT2D eigenvalue weighted by molar-refractivity contribution is 5.80. The fourth-order valence-electron chi connectivity index (χ4n) is 3.10. The molecule has 0 spiro atoms. The van der Waals surface area contributed by atoms with E-state index in [1.807, 2.05) is 13.1 Å². The third-order valence-electron chi connectivity index (χ3n) is 4.46. The molecule has 0 aromatic heterocycles. The first-order valence-electron chi connectivity index (χ1n) is 9.84. The van der Waals surface area contributed by atoms with Crippen molar-refractivity contribution in [3.05, 3.63) is 35.9 Å². The Morgan fingerprint density at radius 2 is 2.08 bits per heavy atom. The van der Waals surface area contributed by atoms with Gasteiger partial charge in [-0.2, -0.15) is 0 Å². The highest BCUT2D eigenvalue weighted by atomic mass is 16.5. The Labute approximate surface area is 158 Å². The fraction of sp³-hybridized carbons (Fsp3) is 0.667. The number of likely N-dealkylation sites (tertiary alicyclic amines) is 1. The quantitative estimate of drug-likeness (QED) is 0.395. The molecule has 26 heavy (non-hydrogen) atoms. The van der Waals surface area contributed by atoms with E-state index in [0.717, 1.165) is 58.3 Å². The van der Waals surface area contributed by atoms with Gasteiger partial charge in [0.1, 0.15) is 0 Å². The highest BCUT2D eigenvalue weighted by Crippen LogP contribution is 2.17. The second-order valence-corrected chi connectivity index (χ2v) is 7.40. The van der Waals surface area contributed by atoms with Gasteiger partial charge in [-0.05, 0) is 24.3 Å². The summed E-state index contributed by atoms with van der Waals surface area (Å²) in [6, 6.07) is 10.4. The van der Waals surface area contributed by atoms with E-state index in [-0.39, 0.29) is 0 Å². The van der Waals surface area contributed by atoms with Crippen LogP contribution in [-0.2, 0) is 16.1 Å². The molecule has 0 saturated carbocycles. The third kappa shape index (κ3) is 7.75. The van der Waals surface area contributed by atoms with Crippen molar-refractivity contribution < 1.29 is 9.47 Å². The molecule has 1 N–H and O–H groups in total. The lowest BCUT2D eigenvalue weighted by atomic mass is 10.1. The minimum atomic E-state index is 0.576. The van der Waals surface area contributed by atoms with Gasteiger partial charge in [0.15, 0.2) is 5.96 Å². The molecule has 1 saturated heterocycles. The van der Waals surface area contributed by atoms with Gasteiger partial charge < -0.3 is 19.7 Å². The van der Waals surface area contributed by atoms with Gasteiger partial charge >= 0.3 is 0 Å². The summed E-state index contributed by atoms with van der Waals surface area (Å²) >= 11 is 0. The van der Waals surface area contributed by atoms with E-state index in [1.54, 1.807) is 0 Å². The zero-order valence-electron chi connectivity index (χ0n) is 16.6. The Morgan fingerprint density at radius 1 is 1.27 bits per heavy atom. The molecule has 146 valence electrons. The van der Waals surface area contributed by atoms with Crippen LogP contribution in [0.5, 0.6) is 0 Å². The Bertz CT molecular complexity index is 519. The Morgan fingerprint density at radius 3 is 2.81 bits per heavy atom. The molecule has 1 aliphatic rings. The van der Waals surface area contributed by atoms with Crippen LogP contribution in [0.15, 0.2) is 35.3 Å². The largest absolute Gasteiger partial charge is 0.381 e. The van der Waals surface area contributed by atoms with E-state index >= 15 is 0 Å². The van der Waals surface area contributed by atoms with Crippen LogP contribution >= 0.6 is 0 Å². The van der Waals surface area contributed by atoms with Gasteiger partial charge in [-0.25, -0.2) is 0 Å². The van der Waals surface area contributed by atoms with Gasteiger partial charge in [-0.3, -0.25) is 4.99 Å². The molecule has 5 heteroatoms. The summed E-state index contributed by atoms with van der Waals surface area (Å²) in [5.41, 5.74) is 1.24. The normalized spacial score (nSPS) is 17.9. The number of ether oxygens (including phenoxy) is 2. The number of aliphatic imine (C=N–C) groups is 1. The van der Waals surface area contributed by atoms with Gasteiger partial charge in [0.05, 0.1) is 13.2 Å². The maximum absolute atomic E-state index is 5.91. The van der Waals surface area contributed by atoms with Crippen molar-refractivity contribution in [1.82, 2.24) is 10.2 Å². The third-order valence-corrected chi connectivity index (χ3v) is 4.46. The van der Waals surface area contributed by atoms with Crippen molar-refractivity contribution in [2.24, 2.45) is 16.8 Å². The van der Waals surface area contributed by atoms with E-state index in [9.17, 15) is 0 Å². The fourth-order valence-corrected chi connectivity index (χ4v) is 3.10. The van der Waals surface area contributed by atoms with Crippen molar-refractivity contribution in [1.29, 1.82) is 0 Å². The molecule has 1 fully saturated rings.